The van der Waals surface area contributed by atoms with Gasteiger partial charge in [0.05, 0.1) is 17.6 Å². The Morgan fingerprint density at radius 2 is 2.15 bits per heavy atom. The van der Waals surface area contributed by atoms with Gasteiger partial charge in [-0.05, 0) is 71.4 Å². The maximum atomic E-state index is 12.5. The second kappa shape index (κ2) is 8.69. The molecular formula is C21H26BrN2O2+. The standard InChI is InChI=1S/C21H25BrN2O2/c1-14(16-10-11-20(26-2)18(22)12-16)23-13-21(25)24-19-9-5-7-15-6-3-4-8-17(15)19/h3-4,6,8,10-12,14,19,23H,5,7,9,13H2,1-2H3,(H,24,25)/p+1/t14-,19-/m0/s1. The smallest absolute Gasteiger partial charge is 0.275 e. The Bertz CT molecular complexity index is 778. The lowest BCUT2D eigenvalue weighted by Crippen LogP contribution is -2.87. The first-order valence-electron chi connectivity index (χ1n) is 9.12. The highest BCUT2D eigenvalue weighted by Crippen LogP contribution is 2.29. The number of nitrogens with one attached hydrogen (secondary N) is 1. The van der Waals surface area contributed by atoms with Gasteiger partial charge in [0.2, 0.25) is 0 Å². The van der Waals surface area contributed by atoms with E-state index >= 15 is 0 Å². The number of hydrogen-bond donors (Lipinski definition) is 2. The third-order valence-corrected chi connectivity index (χ3v) is 5.68. The molecule has 2 atom stereocenters. The summed E-state index contributed by atoms with van der Waals surface area (Å²) in [6.07, 6.45) is 3.25. The minimum absolute atomic E-state index is 0.0890. The van der Waals surface area contributed by atoms with Crippen LogP contribution in [0.25, 0.3) is 0 Å². The summed E-state index contributed by atoms with van der Waals surface area (Å²) in [5.74, 6) is 0.904. The maximum absolute atomic E-state index is 12.5. The highest BCUT2D eigenvalue weighted by Gasteiger charge is 2.22. The highest BCUT2D eigenvalue weighted by molar-refractivity contribution is 9.10. The summed E-state index contributed by atoms with van der Waals surface area (Å²) in [5.41, 5.74) is 3.80. The number of amides is 1. The first kappa shape index (κ1) is 18.9. The molecule has 0 radical (unpaired) electrons. The number of carbonyl (C=O) groups is 1. The number of aryl methyl sites for hydroxylation is 1. The monoisotopic (exact) mass is 417 g/mol. The zero-order chi connectivity index (χ0) is 18.5. The number of rotatable bonds is 6. The number of quaternary nitrogens is 1. The van der Waals surface area contributed by atoms with E-state index in [0.717, 1.165) is 35.0 Å². The Kier molecular flexibility index (Phi) is 6.33. The number of benzene rings is 2. The molecule has 0 saturated carbocycles. The van der Waals surface area contributed by atoms with E-state index in [-0.39, 0.29) is 18.0 Å². The van der Waals surface area contributed by atoms with Gasteiger partial charge in [-0.1, -0.05) is 24.3 Å². The molecule has 4 nitrogen and oxygen atoms in total. The Morgan fingerprint density at radius 1 is 1.35 bits per heavy atom. The number of nitrogens with two attached hydrogens (primary N) is 1. The number of hydrogen-bond acceptors (Lipinski definition) is 2. The third-order valence-electron chi connectivity index (χ3n) is 5.06. The number of halogens is 1. The van der Waals surface area contributed by atoms with Gasteiger partial charge in [-0.2, -0.15) is 0 Å². The van der Waals surface area contributed by atoms with E-state index in [4.69, 9.17) is 4.74 Å². The van der Waals surface area contributed by atoms with Crippen molar-refractivity contribution in [2.24, 2.45) is 0 Å². The Hall–Kier alpha value is -1.85. The number of ether oxygens (including phenoxy) is 1. The van der Waals surface area contributed by atoms with Crippen LogP contribution in [0.5, 0.6) is 5.75 Å². The van der Waals surface area contributed by atoms with Gasteiger partial charge in [0.1, 0.15) is 11.8 Å². The van der Waals surface area contributed by atoms with Gasteiger partial charge < -0.3 is 15.4 Å². The third kappa shape index (κ3) is 4.46. The lowest BCUT2D eigenvalue weighted by molar-refractivity contribution is -0.682. The molecule has 1 aliphatic carbocycles. The van der Waals surface area contributed by atoms with E-state index in [1.54, 1.807) is 7.11 Å². The predicted molar refractivity (Wildman–Crippen MR) is 106 cm³/mol. The second-order valence-corrected chi connectivity index (χ2v) is 7.69. The molecule has 0 spiro atoms. The molecule has 2 aromatic carbocycles. The van der Waals surface area contributed by atoms with E-state index in [1.165, 1.54) is 11.1 Å². The lowest BCUT2D eigenvalue weighted by Gasteiger charge is -2.26. The summed E-state index contributed by atoms with van der Waals surface area (Å²) < 4.78 is 6.20. The first-order valence-corrected chi connectivity index (χ1v) is 9.91. The largest absolute Gasteiger partial charge is 0.496 e. The molecule has 3 rings (SSSR count). The van der Waals surface area contributed by atoms with Crippen LogP contribution in [0.2, 0.25) is 0 Å². The summed E-state index contributed by atoms with van der Waals surface area (Å²) in [6.45, 7) is 2.53. The fourth-order valence-corrected chi connectivity index (χ4v) is 4.10. The summed E-state index contributed by atoms with van der Waals surface area (Å²) >= 11 is 3.52. The molecule has 0 unspecified atom stereocenters. The highest BCUT2D eigenvalue weighted by atomic mass is 79.9. The molecule has 0 fully saturated rings. The van der Waals surface area contributed by atoms with Crippen LogP contribution in [-0.4, -0.2) is 19.6 Å². The molecule has 1 amide bonds. The van der Waals surface area contributed by atoms with Gasteiger partial charge in [0, 0.05) is 5.56 Å². The van der Waals surface area contributed by atoms with E-state index in [1.807, 2.05) is 12.1 Å². The van der Waals surface area contributed by atoms with Crippen molar-refractivity contribution in [1.29, 1.82) is 0 Å². The van der Waals surface area contributed by atoms with E-state index in [0.29, 0.717) is 6.54 Å². The molecule has 3 N–H and O–H groups in total. The maximum Gasteiger partial charge on any atom is 0.275 e. The number of methoxy groups -OCH3 is 1. The van der Waals surface area contributed by atoms with Crippen LogP contribution in [0.4, 0.5) is 0 Å². The molecule has 0 heterocycles. The molecule has 0 aromatic heterocycles. The van der Waals surface area contributed by atoms with Crippen LogP contribution in [0.15, 0.2) is 46.9 Å². The Labute approximate surface area is 163 Å². The summed E-state index contributed by atoms with van der Waals surface area (Å²) in [4.78, 5) is 12.5. The Balaban J connectivity index is 1.55. The second-order valence-electron chi connectivity index (χ2n) is 6.83. The lowest BCUT2D eigenvalue weighted by atomic mass is 9.88. The van der Waals surface area contributed by atoms with E-state index in [2.05, 4.69) is 63.8 Å². The van der Waals surface area contributed by atoms with Crippen LogP contribution in [0.1, 0.15) is 48.5 Å². The van der Waals surface area contributed by atoms with Crippen molar-refractivity contribution >= 4 is 21.8 Å². The van der Waals surface area contributed by atoms with Gasteiger partial charge in [-0.3, -0.25) is 4.79 Å². The quantitative estimate of drug-likeness (QED) is 0.757. The van der Waals surface area contributed by atoms with Gasteiger partial charge in [-0.15, -0.1) is 0 Å². The van der Waals surface area contributed by atoms with Gasteiger partial charge >= 0.3 is 0 Å². The molecule has 138 valence electrons. The number of carbonyl (C=O) groups excluding carboxylic acids is 1. The van der Waals surface area contributed by atoms with Crippen LogP contribution >= 0.6 is 15.9 Å². The van der Waals surface area contributed by atoms with Crippen LogP contribution in [0.3, 0.4) is 0 Å². The first-order chi connectivity index (χ1) is 12.6. The van der Waals surface area contributed by atoms with Crippen molar-refractivity contribution in [1.82, 2.24) is 5.32 Å². The average Bonchev–Trinajstić information content (AvgIpc) is 2.66. The SMILES string of the molecule is COc1ccc([C@H](C)[NH2+]CC(=O)N[C@H]2CCCc3ccccc32)cc1Br. The van der Waals surface area contributed by atoms with E-state index in [9.17, 15) is 4.79 Å². The molecule has 2 aromatic rings. The van der Waals surface area contributed by atoms with Crippen molar-refractivity contribution in [2.45, 2.75) is 38.3 Å². The summed E-state index contributed by atoms with van der Waals surface area (Å²) in [6, 6.07) is 14.8. The predicted octanol–water partition coefficient (Wildman–Crippen LogP) is 3.28. The Morgan fingerprint density at radius 3 is 2.92 bits per heavy atom. The zero-order valence-corrected chi connectivity index (χ0v) is 16.9. The minimum Gasteiger partial charge on any atom is -0.496 e. The van der Waals surface area contributed by atoms with Crippen molar-refractivity contribution in [3.8, 4) is 5.75 Å². The summed E-state index contributed by atoms with van der Waals surface area (Å²) in [7, 11) is 1.66. The van der Waals surface area contributed by atoms with Gasteiger partial charge in [0.15, 0.2) is 6.54 Å². The topological polar surface area (TPSA) is 54.9 Å². The van der Waals surface area contributed by atoms with Crippen LogP contribution in [-0.2, 0) is 11.2 Å². The minimum atomic E-state index is 0.0890. The average molecular weight is 418 g/mol. The van der Waals surface area contributed by atoms with Gasteiger partial charge in [-0.25, -0.2) is 0 Å². The van der Waals surface area contributed by atoms with E-state index < -0.39 is 0 Å². The molecule has 5 heteroatoms. The summed E-state index contributed by atoms with van der Waals surface area (Å²) in [5, 5.41) is 5.28. The molecular weight excluding hydrogens is 392 g/mol. The van der Waals surface area contributed by atoms with Crippen molar-refractivity contribution < 1.29 is 14.8 Å². The van der Waals surface area contributed by atoms with Gasteiger partial charge in [0.25, 0.3) is 5.91 Å². The molecule has 1 aliphatic rings. The molecule has 0 aliphatic heterocycles. The zero-order valence-electron chi connectivity index (χ0n) is 15.3. The van der Waals surface area contributed by atoms with Crippen molar-refractivity contribution in [2.75, 3.05) is 13.7 Å². The van der Waals surface area contributed by atoms with Crippen molar-refractivity contribution in [3.05, 3.63) is 63.6 Å². The number of fused-ring (bicyclic) bond motifs is 1. The normalized spacial score (nSPS) is 17.3. The fourth-order valence-electron chi connectivity index (χ4n) is 3.54. The molecule has 26 heavy (non-hydrogen) atoms. The van der Waals surface area contributed by atoms with Crippen molar-refractivity contribution in [3.63, 3.8) is 0 Å². The molecule has 0 saturated heterocycles. The van der Waals surface area contributed by atoms with Crippen LogP contribution in [0, 0.1) is 0 Å². The van der Waals surface area contributed by atoms with Crippen LogP contribution < -0.4 is 15.4 Å². The molecule has 0 bridgehead atoms. The fraction of sp³-hybridized carbons (Fsp3) is 0.381.